The SMILES string of the molecule is C[C@]1([C@H]2NC(=O)C[C@@H](c3cccc(Cl)c3)[C@]23C(=O)Nc2cc(Cl)ccc23)CC1(F)F. The number of rotatable bonds is 2. The van der Waals surface area contributed by atoms with Gasteiger partial charge in [-0.15, -0.1) is 0 Å². The Morgan fingerprint density at radius 2 is 1.77 bits per heavy atom. The van der Waals surface area contributed by atoms with E-state index in [-0.39, 0.29) is 12.3 Å². The lowest BCUT2D eigenvalue weighted by Crippen LogP contribution is -2.65. The van der Waals surface area contributed by atoms with Crippen molar-refractivity contribution in [3.05, 3.63) is 63.6 Å². The van der Waals surface area contributed by atoms with Crippen molar-refractivity contribution in [3.8, 4) is 0 Å². The van der Waals surface area contributed by atoms with E-state index in [1.54, 1.807) is 42.5 Å². The van der Waals surface area contributed by atoms with E-state index in [9.17, 15) is 18.4 Å². The van der Waals surface area contributed by atoms with Crippen molar-refractivity contribution in [2.45, 2.75) is 43.1 Å². The molecule has 0 bridgehead atoms. The highest BCUT2D eigenvalue weighted by atomic mass is 35.5. The number of hydrogen-bond donors (Lipinski definition) is 2. The molecule has 2 aromatic carbocycles. The Labute approximate surface area is 181 Å². The standard InChI is InChI=1S/C22H18Cl2F2N2O2/c1-20(10-21(20,25)26)18-22(14-6-5-13(24)8-16(14)27-19(22)30)15(9-17(29)28-18)11-3-2-4-12(23)7-11/h2-8,15,18H,9-10H2,1H3,(H,27,30)(H,28,29)/t15-,18+,20+,22-/m0/s1. The number of hydrogen-bond acceptors (Lipinski definition) is 2. The fourth-order valence-corrected chi connectivity index (χ4v) is 5.71. The molecule has 156 valence electrons. The van der Waals surface area contributed by atoms with Crippen molar-refractivity contribution >= 4 is 40.7 Å². The van der Waals surface area contributed by atoms with Crippen LogP contribution in [0.4, 0.5) is 14.5 Å². The van der Waals surface area contributed by atoms with Gasteiger partial charge in [-0.2, -0.15) is 0 Å². The molecule has 2 aliphatic heterocycles. The fourth-order valence-electron chi connectivity index (χ4n) is 5.34. The first kappa shape index (κ1) is 19.8. The minimum atomic E-state index is -2.98. The zero-order valence-corrected chi connectivity index (χ0v) is 17.5. The maximum absolute atomic E-state index is 14.6. The van der Waals surface area contributed by atoms with E-state index in [4.69, 9.17) is 23.2 Å². The molecule has 30 heavy (non-hydrogen) atoms. The third kappa shape index (κ3) is 2.50. The highest BCUT2D eigenvalue weighted by Gasteiger charge is 2.78. The summed E-state index contributed by atoms with van der Waals surface area (Å²) in [4.78, 5) is 26.3. The van der Waals surface area contributed by atoms with Crippen molar-refractivity contribution in [2.24, 2.45) is 5.41 Å². The van der Waals surface area contributed by atoms with Gasteiger partial charge in [0.15, 0.2) is 0 Å². The Bertz CT molecular complexity index is 1110. The average molecular weight is 451 g/mol. The molecule has 1 saturated carbocycles. The van der Waals surface area contributed by atoms with E-state index in [0.29, 0.717) is 26.9 Å². The normalized spacial score (nSPS) is 33.8. The molecule has 2 aromatic rings. The molecule has 1 aliphatic carbocycles. The molecule has 0 aromatic heterocycles. The monoisotopic (exact) mass is 450 g/mol. The second kappa shape index (κ2) is 6.17. The fraction of sp³-hybridized carbons (Fsp3) is 0.364. The topological polar surface area (TPSA) is 58.2 Å². The van der Waals surface area contributed by atoms with Gasteiger partial charge in [0.2, 0.25) is 11.8 Å². The smallest absolute Gasteiger partial charge is 0.256 e. The number of halogens is 4. The van der Waals surface area contributed by atoms with Crippen LogP contribution in [0.5, 0.6) is 0 Å². The van der Waals surface area contributed by atoms with Gasteiger partial charge in [0.05, 0.1) is 11.5 Å². The van der Waals surface area contributed by atoms with Gasteiger partial charge >= 0.3 is 0 Å². The Morgan fingerprint density at radius 1 is 1.07 bits per heavy atom. The van der Waals surface area contributed by atoms with E-state index in [1.807, 2.05) is 0 Å². The molecule has 2 amide bonds. The van der Waals surface area contributed by atoms with Crippen LogP contribution < -0.4 is 10.6 Å². The summed E-state index contributed by atoms with van der Waals surface area (Å²) in [5.74, 6) is -4.43. The number of fused-ring (bicyclic) bond motifs is 2. The van der Waals surface area contributed by atoms with Gasteiger partial charge in [0, 0.05) is 34.5 Å². The van der Waals surface area contributed by atoms with Crippen molar-refractivity contribution in [1.29, 1.82) is 0 Å². The maximum Gasteiger partial charge on any atom is 0.256 e. The molecule has 0 radical (unpaired) electrons. The van der Waals surface area contributed by atoms with Crippen LogP contribution in [0.1, 0.15) is 36.8 Å². The summed E-state index contributed by atoms with van der Waals surface area (Å²) in [7, 11) is 0. The summed E-state index contributed by atoms with van der Waals surface area (Å²) >= 11 is 12.3. The van der Waals surface area contributed by atoms with Gasteiger partial charge in [0.1, 0.15) is 5.41 Å². The summed E-state index contributed by atoms with van der Waals surface area (Å²) in [6.45, 7) is 1.43. The van der Waals surface area contributed by atoms with Gasteiger partial charge in [-0.25, -0.2) is 8.78 Å². The van der Waals surface area contributed by atoms with Crippen LogP contribution in [0.3, 0.4) is 0 Å². The minimum absolute atomic E-state index is 0.0199. The lowest BCUT2D eigenvalue weighted by molar-refractivity contribution is -0.134. The first-order valence-corrected chi connectivity index (χ1v) is 10.4. The molecule has 4 atom stereocenters. The second-order valence-corrected chi connectivity index (χ2v) is 9.50. The lowest BCUT2D eigenvalue weighted by Gasteiger charge is -2.48. The van der Waals surface area contributed by atoms with Crippen LogP contribution in [0.25, 0.3) is 0 Å². The number of amides is 2. The zero-order chi connectivity index (χ0) is 21.5. The van der Waals surface area contributed by atoms with E-state index >= 15 is 0 Å². The molecule has 8 heteroatoms. The average Bonchev–Trinajstić information content (AvgIpc) is 3.06. The molecule has 4 nitrogen and oxygen atoms in total. The van der Waals surface area contributed by atoms with E-state index in [0.717, 1.165) is 0 Å². The highest BCUT2D eigenvalue weighted by Crippen LogP contribution is 2.68. The first-order valence-electron chi connectivity index (χ1n) is 9.64. The molecular weight excluding hydrogens is 433 g/mol. The maximum atomic E-state index is 14.6. The summed E-state index contributed by atoms with van der Waals surface area (Å²) in [5, 5.41) is 6.46. The molecule has 1 saturated heterocycles. The second-order valence-electron chi connectivity index (χ2n) is 8.62. The van der Waals surface area contributed by atoms with Crippen molar-refractivity contribution in [2.75, 3.05) is 5.32 Å². The molecule has 5 rings (SSSR count). The number of benzene rings is 2. The number of nitrogens with one attached hydrogen (secondary N) is 2. The largest absolute Gasteiger partial charge is 0.351 e. The number of alkyl halides is 2. The Hall–Kier alpha value is -2.18. The molecule has 2 heterocycles. The van der Waals surface area contributed by atoms with Crippen molar-refractivity contribution in [3.63, 3.8) is 0 Å². The van der Waals surface area contributed by atoms with Crippen LogP contribution in [-0.2, 0) is 15.0 Å². The number of anilines is 1. The quantitative estimate of drug-likeness (QED) is 0.683. The number of piperidine rings is 1. The van der Waals surface area contributed by atoms with E-state index in [1.165, 1.54) is 6.92 Å². The van der Waals surface area contributed by atoms with Gasteiger partial charge in [0.25, 0.3) is 5.92 Å². The molecule has 3 aliphatic rings. The molecule has 2 fully saturated rings. The van der Waals surface area contributed by atoms with Crippen LogP contribution in [0, 0.1) is 5.41 Å². The predicted molar refractivity (Wildman–Crippen MR) is 110 cm³/mol. The predicted octanol–water partition coefficient (Wildman–Crippen LogP) is 4.90. The van der Waals surface area contributed by atoms with Crippen LogP contribution in [0.2, 0.25) is 10.0 Å². The Morgan fingerprint density at radius 3 is 2.43 bits per heavy atom. The molecule has 2 N–H and O–H groups in total. The van der Waals surface area contributed by atoms with Gasteiger partial charge in [-0.3, -0.25) is 9.59 Å². The number of carbonyl (C=O) groups is 2. The summed E-state index contributed by atoms with van der Waals surface area (Å²) in [6, 6.07) is 10.7. The van der Waals surface area contributed by atoms with E-state index in [2.05, 4.69) is 10.6 Å². The summed E-state index contributed by atoms with van der Waals surface area (Å²) in [6.07, 6.45) is -0.418. The van der Waals surface area contributed by atoms with E-state index < -0.39 is 41.0 Å². The van der Waals surface area contributed by atoms with Crippen molar-refractivity contribution < 1.29 is 18.4 Å². The van der Waals surface area contributed by atoms with Gasteiger partial charge < -0.3 is 10.6 Å². The van der Waals surface area contributed by atoms with Crippen LogP contribution in [-0.4, -0.2) is 23.8 Å². The number of carbonyl (C=O) groups excluding carboxylic acids is 2. The third-order valence-electron chi connectivity index (χ3n) is 6.94. The lowest BCUT2D eigenvalue weighted by atomic mass is 9.57. The molecule has 1 spiro atoms. The molecule has 0 unspecified atom stereocenters. The Kier molecular flexibility index (Phi) is 4.07. The first-order chi connectivity index (χ1) is 14.1. The van der Waals surface area contributed by atoms with Crippen molar-refractivity contribution in [1.82, 2.24) is 5.32 Å². The minimum Gasteiger partial charge on any atom is -0.351 e. The van der Waals surface area contributed by atoms with Crippen LogP contribution in [0.15, 0.2) is 42.5 Å². The van der Waals surface area contributed by atoms with Gasteiger partial charge in [-0.1, -0.05) is 48.3 Å². The highest BCUT2D eigenvalue weighted by molar-refractivity contribution is 6.31. The Balaban J connectivity index is 1.79. The van der Waals surface area contributed by atoms with Crippen LogP contribution >= 0.6 is 23.2 Å². The zero-order valence-electron chi connectivity index (χ0n) is 15.9. The third-order valence-corrected chi connectivity index (χ3v) is 7.41. The van der Waals surface area contributed by atoms with Gasteiger partial charge in [-0.05, 0) is 35.4 Å². The molecular formula is C22H18Cl2F2N2O2. The summed E-state index contributed by atoms with van der Waals surface area (Å²) in [5.41, 5.74) is -1.25. The summed E-state index contributed by atoms with van der Waals surface area (Å²) < 4.78 is 29.1.